The van der Waals surface area contributed by atoms with E-state index in [0.717, 1.165) is 32.7 Å². The summed E-state index contributed by atoms with van der Waals surface area (Å²) in [5.74, 6) is 0.0300. The molecule has 120 valence electrons. The maximum absolute atomic E-state index is 12.3. The molecule has 2 aliphatic heterocycles. The number of carbonyl (C=O) groups is 2. The largest absolute Gasteiger partial charge is 0.353 e. The molecular formula is C15H28N4O2. The molecule has 6 nitrogen and oxygen atoms in total. The molecule has 0 aromatic carbocycles. The lowest BCUT2D eigenvalue weighted by atomic mass is 10.1. The van der Waals surface area contributed by atoms with Crippen LogP contribution in [0.1, 0.15) is 25.7 Å². The molecule has 1 unspecified atom stereocenters. The molecule has 6 heteroatoms. The van der Waals surface area contributed by atoms with Crippen LogP contribution in [0.3, 0.4) is 0 Å². The Bertz CT molecular complexity index is 369. The van der Waals surface area contributed by atoms with Gasteiger partial charge in [0.2, 0.25) is 11.8 Å². The topological polar surface area (TPSA) is 55.9 Å². The Hall–Kier alpha value is -1.14. The molecule has 2 aliphatic rings. The second-order valence-electron chi connectivity index (χ2n) is 6.21. The number of piperidine rings is 1. The van der Waals surface area contributed by atoms with Crippen LogP contribution < -0.4 is 5.32 Å². The smallest absolute Gasteiger partial charge is 0.237 e. The first-order valence-corrected chi connectivity index (χ1v) is 8.02. The van der Waals surface area contributed by atoms with Gasteiger partial charge in [0.15, 0.2) is 0 Å². The minimum absolute atomic E-state index is 0.0264. The van der Waals surface area contributed by atoms with Gasteiger partial charge in [0.1, 0.15) is 0 Å². The second-order valence-corrected chi connectivity index (χ2v) is 6.21. The number of nitrogens with zero attached hydrogens (tertiary/aromatic N) is 3. The maximum Gasteiger partial charge on any atom is 0.237 e. The van der Waals surface area contributed by atoms with Crippen molar-refractivity contribution in [2.45, 2.75) is 31.7 Å². The maximum atomic E-state index is 12.3. The lowest BCUT2D eigenvalue weighted by Gasteiger charge is -2.33. The molecule has 2 fully saturated rings. The van der Waals surface area contributed by atoms with Gasteiger partial charge in [0.25, 0.3) is 0 Å². The number of nitrogens with one attached hydrogen (secondary N) is 1. The zero-order chi connectivity index (χ0) is 15.2. The summed E-state index contributed by atoms with van der Waals surface area (Å²) in [6, 6.07) is -0.316. The fraction of sp³-hybridized carbons (Fsp3) is 0.867. The number of hydrogen-bond donors (Lipinski definition) is 1. The van der Waals surface area contributed by atoms with E-state index in [-0.39, 0.29) is 24.3 Å². The molecule has 0 aromatic rings. The lowest BCUT2D eigenvalue weighted by molar-refractivity contribution is -0.137. The highest BCUT2D eigenvalue weighted by atomic mass is 16.2. The van der Waals surface area contributed by atoms with Gasteiger partial charge in [-0.25, -0.2) is 0 Å². The Labute approximate surface area is 127 Å². The third-order valence-corrected chi connectivity index (χ3v) is 4.59. The standard InChI is InChI=1S/C15H28N4O2/c1-17-9-6-16-15(21)13(17)12-14(20)18(2)10-11-19-7-4-3-5-8-19/h13H,3-12H2,1-2H3,(H,16,21). The highest BCUT2D eigenvalue weighted by Crippen LogP contribution is 2.10. The summed E-state index contributed by atoms with van der Waals surface area (Å²) in [4.78, 5) is 30.3. The van der Waals surface area contributed by atoms with Crippen LogP contribution in [0.5, 0.6) is 0 Å². The van der Waals surface area contributed by atoms with Gasteiger partial charge in [0.05, 0.1) is 12.5 Å². The SMILES string of the molecule is CN(CCN1CCCCC1)C(=O)CC1C(=O)NCCN1C. The molecule has 0 radical (unpaired) electrons. The van der Waals surface area contributed by atoms with Gasteiger partial charge in [-0.15, -0.1) is 0 Å². The van der Waals surface area contributed by atoms with Gasteiger partial charge in [-0.3, -0.25) is 14.5 Å². The third-order valence-electron chi connectivity index (χ3n) is 4.59. The van der Waals surface area contributed by atoms with E-state index < -0.39 is 0 Å². The number of hydrogen-bond acceptors (Lipinski definition) is 4. The monoisotopic (exact) mass is 296 g/mol. The van der Waals surface area contributed by atoms with Crippen molar-refractivity contribution in [2.24, 2.45) is 0 Å². The van der Waals surface area contributed by atoms with E-state index in [4.69, 9.17) is 0 Å². The molecule has 2 heterocycles. The van der Waals surface area contributed by atoms with Crippen molar-refractivity contribution in [1.29, 1.82) is 0 Å². The van der Waals surface area contributed by atoms with Crippen LogP contribution in [0.4, 0.5) is 0 Å². The fourth-order valence-electron chi connectivity index (χ4n) is 3.00. The van der Waals surface area contributed by atoms with Crippen molar-refractivity contribution in [1.82, 2.24) is 20.0 Å². The molecule has 0 aliphatic carbocycles. The first kappa shape index (κ1) is 16.2. The van der Waals surface area contributed by atoms with Crippen LogP contribution in [0.25, 0.3) is 0 Å². The van der Waals surface area contributed by atoms with Gasteiger partial charge in [-0.05, 0) is 33.0 Å². The summed E-state index contributed by atoms with van der Waals surface area (Å²) in [6.07, 6.45) is 4.14. The van der Waals surface area contributed by atoms with E-state index in [1.807, 2.05) is 19.0 Å². The van der Waals surface area contributed by atoms with Crippen LogP contribution in [0.15, 0.2) is 0 Å². The van der Waals surface area contributed by atoms with Crippen LogP contribution in [0.2, 0.25) is 0 Å². The van der Waals surface area contributed by atoms with Crippen LogP contribution in [-0.4, -0.2) is 85.9 Å². The summed E-state index contributed by atoms with van der Waals surface area (Å²) in [7, 11) is 3.75. The Morgan fingerprint density at radius 1 is 1.29 bits per heavy atom. The van der Waals surface area contributed by atoms with Gasteiger partial charge < -0.3 is 15.1 Å². The summed E-state index contributed by atoms with van der Waals surface area (Å²) in [5, 5.41) is 2.83. The summed E-state index contributed by atoms with van der Waals surface area (Å²) in [5.41, 5.74) is 0. The molecule has 1 atom stereocenters. The molecule has 0 aromatic heterocycles. The van der Waals surface area contributed by atoms with Crippen molar-refractivity contribution in [3.8, 4) is 0 Å². The zero-order valence-corrected chi connectivity index (χ0v) is 13.3. The number of amides is 2. The average Bonchev–Trinajstić information content (AvgIpc) is 2.49. The van der Waals surface area contributed by atoms with Gasteiger partial charge in [0, 0.05) is 33.2 Å². The van der Waals surface area contributed by atoms with E-state index in [0.29, 0.717) is 6.54 Å². The van der Waals surface area contributed by atoms with Crippen molar-refractivity contribution >= 4 is 11.8 Å². The van der Waals surface area contributed by atoms with E-state index in [9.17, 15) is 9.59 Å². The normalized spacial score (nSPS) is 24.7. The molecular weight excluding hydrogens is 268 g/mol. The average molecular weight is 296 g/mol. The highest BCUT2D eigenvalue weighted by Gasteiger charge is 2.30. The van der Waals surface area contributed by atoms with E-state index >= 15 is 0 Å². The van der Waals surface area contributed by atoms with Crippen LogP contribution >= 0.6 is 0 Å². The molecule has 2 amide bonds. The Morgan fingerprint density at radius 3 is 2.67 bits per heavy atom. The minimum Gasteiger partial charge on any atom is -0.353 e. The predicted octanol–water partition coefficient (Wildman–Crippen LogP) is -0.249. The molecule has 2 saturated heterocycles. The number of piperazine rings is 1. The first-order chi connectivity index (χ1) is 10.1. The van der Waals surface area contributed by atoms with E-state index in [1.165, 1.54) is 19.3 Å². The quantitative estimate of drug-likeness (QED) is 0.760. The molecule has 2 rings (SSSR count). The number of likely N-dealkylation sites (N-methyl/N-ethyl adjacent to an activating group) is 2. The number of rotatable bonds is 5. The lowest BCUT2D eigenvalue weighted by Crippen LogP contribution is -2.55. The van der Waals surface area contributed by atoms with Gasteiger partial charge >= 0.3 is 0 Å². The Balaban J connectivity index is 1.74. The van der Waals surface area contributed by atoms with E-state index in [2.05, 4.69) is 10.2 Å². The van der Waals surface area contributed by atoms with E-state index in [1.54, 1.807) is 4.90 Å². The molecule has 1 N–H and O–H groups in total. The fourth-order valence-corrected chi connectivity index (χ4v) is 3.00. The molecule has 0 bridgehead atoms. The Kier molecular flexibility index (Phi) is 5.99. The van der Waals surface area contributed by atoms with Crippen molar-refractivity contribution in [3.05, 3.63) is 0 Å². The zero-order valence-electron chi connectivity index (χ0n) is 13.3. The van der Waals surface area contributed by atoms with Crippen molar-refractivity contribution in [2.75, 3.05) is 53.4 Å². The second kappa shape index (κ2) is 7.75. The van der Waals surface area contributed by atoms with Gasteiger partial charge in [-0.1, -0.05) is 6.42 Å². The third kappa shape index (κ3) is 4.68. The van der Waals surface area contributed by atoms with Crippen molar-refractivity contribution < 1.29 is 9.59 Å². The van der Waals surface area contributed by atoms with Gasteiger partial charge in [-0.2, -0.15) is 0 Å². The highest BCUT2D eigenvalue weighted by molar-refractivity contribution is 5.88. The number of carbonyl (C=O) groups excluding carboxylic acids is 2. The van der Waals surface area contributed by atoms with Crippen LogP contribution in [0, 0.1) is 0 Å². The number of likely N-dealkylation sites (tertiary alicyclic amines) is 1. The molecule has 0 spiro atoms. The first-order valence-electron chi connectivity index (χ1n) is 8.02. The Morgan fingerprint density at radius 2 is 2.00 bits per heavy atom. The molecule has 0 saturated carbocycles. The molecule has 21 heavy (non-hydrogen) atoms. The summed E-state index contributed by atoms with van der Waals surface area (Å²) < 4.78 is 0. The summed E-state index contributed by atoms with van der Waals surface area (Å²) in [6.45, 7) is 5.46. The minimum atomic E-state index is -0.316. The summed E-state index contributed by atoms with van der Waals surface area (Å²) >= 11 is 0. The van der Waals surface area contributed by atoms with Crippen LogP contribution in [-0.2, 0) is 9.59 Å². The predicted molar refractivity (Wildman–Crippen MR) is 82.0 cm³/mol. The van der Waals surface area contributed by atoms with Crippen molar-refractivity contribution in [3.63, 3.8) is 0 Å².